The Morgan fingerprint density at radius 2 is 1.95 bits per heavy atom. The van der Waals surface area contributed by atoms with Gasteiger partial charge in [0.25, 0.3) is 5.69 Å². The van der Waals surface area contributed by atoms with Crippen molar-refractivity contribution in [1.82, 2.24) is 4.31 Å². The summed E-state index contributed by atoms with van der Waals surface area (Å²) in [5, 5.41) is 10.5. The molecule has 1 fully saturated rings. The van der Waals surface area contributed by atoms with Crippen LogP contribution in [0, 0.1) is 10.1 Å². The standard InChI is InChI=1S/C11H15N3O4S/c1-8-11(12)6-7-13(8)19(17,18)10-4-2-9(3-5-10)14(15)16/h2-5,8,11H,6-7,12H2,1H3/t8-,11-/m0/s1. The van der Waals surface area contributed by atoms with E-state index in [1.807, 2.05) is 0 Å². The van der Waals surface area contributed by atoms with Gasteiger partial charge in [0.15, 0.2) is 0 Å². The van der Waals surface area contributed by atoms with Crippen molar-refractivity contribution < 1.29 is 13.3 Å². The molecule has 1 aromatic rings. The molecule has 8 heteroatoms. The molecule has 0 bridgehead atoms. The molecule has 0 aromatic heterocycles. The molecule has 104 valence electrons. The molecule has 0 saturated carbocycles. The van der Waals surface area contributed by atoms with Crippen LogP contribution in [0.3, 0.4) is 0 Å². The first-order valence-corrected chi connectivity index (χ1v) is 7.30. The van der Waals surface area contributed by atoms with Crippen molar-refractivity contribution in [3.05, 3.63) is 34.4 Å². The van der Waals surface area contributed by atoms with E-state index in [4.69, 9.17) is 5.73 Å². The van der Waals surface area contributed by atoms with Crippen LogP contribution in [0.5, 0.6) is 0 Å². The number of sulfonamides is 1. The van der Waals surface area contributed by atoms with E-state index >= 15 is 0 Å². The number of hydrogen-bond acceptors (Lipinski definition) is 5. The van der Waals surface area contributed by atoms with Crippen LogP contribution >= 0.6 is 0 Å². The fraction of sp³-hybridized carbons (Fsp3) is 0.455. The van der Waals surface area contributed by atoms with E-state index in [0.29, 0.717) is 13.0 Å². The first-order valence-electron chi connectivity index (χ1n) is 5.86. The third kappa shape index (κ3) is 2.46. The van der Waals surface area contributed by atoms with E-state index in [1.165, 1.54) is 28.6 Å². The smallest absolute Gasteiger partial charge is 0.269 e. The lowest BCUT2D eigenvalue weighted by atomic mass is 10.2. The number of hydrogen-bond donors (Lipinski definition) is 1. The summed E-state index contributed by atoms with van der Waals surface area (Å²) in [6, 6.07) is 4.45. The Hall–Kier alpha value is -1.51. The number of non-ortho nitro benzene ring substituents is 1. The summed E-state index contributed by atoms with van der Waals surface area (Å²) >= 11 is 0. The maximum atomic E-state index is 12.4. The number of nitrogens with zero attached hydrogens (tertiary/aromatic N) is 2. The highest BCUT2D eigenvalue weighted by Gasteiger charge is 2.37. The van der Waals surface area contributed by atoms with E-state index < -0.39 is 14.9 Å². The molecule has 0 unspecified atom stereocenters. The maximum absolute atomic E-state index is 12.4. The van der Waals surface area contributed by atoms with Gasteiger partial charge in [0.2, 0.25) is 10.0 Å². The summed E-state index contributed by atoms with van der Waals surface area (Å²) in [6.07, 6.45) is 0.618. The summed E-state index contributed by atoms with van der Waals surface area (Å²) in [4.78, 5) is 10.0. The maximum Gasteiger partial charge on any atom is 0.269 e. The number of nitro benzene ring substituents is 1. The van der Waals surface area contributed by atoms with Crippen molar-refractivity contribution in [3.63, 3.8) is 0 Å². The van der Waals surface area contributed by atoms with Gasteiger partial charge in [-0.15, -0.1) is 0 Å². The van der Waals surface area contributed by atoms with Crippen molar-refractivity contribution in [3.8, 4) is 0 Å². The Balaban J connectivity index is 2.32. The van der Waals surface area contributed by atoms with E-state index in [1.54, 1.807) is 6.92 Å². The summed E-state index contributed by atoms with van der Waals surface area (Å²) in [7, 11) is -3.63. The van der Waals surface area contributed by atoms with Gasteiger partial charge in [0, 0.05) is 30.8 Å². The molecule has 1 saturated heterocycles. The average Bonchev–Trinajstić information content (AvgIpc) is 2.70. The van der Waals surface area contributed by atoms with E-state index in [-0.39, 0.29) is 22.7 Å². The van der Waals surface area contributed by atoms with Gasteiger partial charge in [-0.1, -0.05) is 0 Å². The Labute approximate surface area is 111 Å². The third-order valence-electron chi connectivity index (χ3n) is 3.41. The molecule has 1 aromatic carbocycles. The quantitative estimate of drug-likeness (QED) is 0.650. The second kappa shape index (κ2) is 4.87. The predicted molar refractivity (Wildman–Crippen MR) is 69.0 cm³/mol. The fourth-order valence-corrected chi connectivity index (χ4v) is 3.84. The van der Waals surface area contributed by atoms with E-state index in [2.05, 4.69) is 0 Å². The Kier molecular flexibility index (Phi) is 3.57. The van der Waals surface area contributed by atoms with Crippen molar-refractivity contribution in [2.24, 2.45) is 5.73 Å². The van der Waals surface area contributed by atoms with Gasteiger partial charge in [-0.25, -0.2) is 8.42 Å². The topological polar surface area (TPSA) is 107 Å². The average molecular weight is 285 g/mol. The van der Waals surface area contributed by atoms with Crippen LogP contribution in [-0.2, 0) is 10.0 Å². The van der Waals surface area contributed by atoms with Crippen LogP contribution < -0.4 is 5.73 Å². The fourth-order valence-electron chi connectivity index (χ4n) is 2.15. The SMILES string of the molecule is C[C@H]1[C@@H](N)CCN1S(=O)(=O)c1ccc([N+](=O)[O-])cc1. The lowest BCUT2D eigenvalue weighted by molar-refractivity contribution is -0.384. The summed E-state index contributed by atoms with van der Waals surface area (Å²) in [5.74, 6) is 0. The zero-order valence-corrected chi connectivity index (χ0v) is 11.2. The Morgan fingerprint density at radius 1 is 1.37 bits per heavy atom. The monoisotopic (exact) mass is 285 g/mol. The van der Waals surface area contributed by atoms with E-state index in [9.17, 15) is 18.5 Å². The molecule has 0 radical (unpaired) electrons. The molecular formula is C11H15N3O4S. The minimum Gasteiger partial charge on any atom is -0.326 e. The molecule has 7 nitrogen and oxygen atoms in total. The van der Waals surface area contributed by atoms with Gasteiger partial charge < -0.3 is 5.73 Å². The Morgan fingerprint density at radius 3 is 2.37 bits per heavy atom. The first-order chi connectivity index (χ1) is 8.84. The molecule has 2 N–H and O–H groups in total. The molecule has 1 aliphatic rings. The second-order valence-electron chi connectivity index (χ2n) is 4.56. The van der Waals surface area contributed by atoms with Crippen LogP contribution in [0.4, 0.5) is 5.69 Å². The van der Waals surface area contributed by atoms with Gasteiger partial charge in [-0.3, -0.25) is 10.1 Å². The van der Waals surface area contributed by atoms with Gasteiger partial charge in [0.1, 0.15) is 0 Å². The van der Waals surface area contributed by atoms with Crippen LogP contribution in [0.15, 0.2) is 29.2 Å². The lowest BCUT2D eigenvalue weighted by Crippen LogP contribution is -2.40. The molecule has 1 aliphatic heterocycles. The molecule has 0 aliphatic carbocycles. The number of benzene rings is 1. The highest BCUT2D eigenvalue weighted by Crippen LogP contribution is 2.26. The summed E-state index contributed by atoms with van der Waals surface area (Å²) in [6.45, 7) is 2.14. The molecule has 1 heterocycles. The van der Waals surface area contributed by atoms with E-state index in [0.717, 1.165) is 0 Å². The summed E-state index contributed by atoms with van der Waals surface area (Å²) < 4.78 is 26.1. The highest BCUT2D eigenvalue weighted by atomic mass is 32.2. The lowest BCUT2D eigenvalue weighted by Gasteiger charge is -2.22. The zero-order valence-electron chi connectivity index (χ0n) is 10.4. The van der Waals surface area contributed by atoms with Gasteiger partial charge in [-0.2, -0.15) is 4.31 Å². The molecule has 0 amide bonds. The molecular weight excluding hydrogens is 270 g/mol. The highest BCUT2D eigenvalue weighted by molar-refractivity contribution is 7.89. The Bertz CT molecular complexity index is 584. The summed E-state index contributed by atoms with van der Waals surface area (Å²) in [5.41, 5.74) is 5.68. The minimum atomic E-state index is -3.63. The minimum absolute atomic E-state index is 0.0547. The second-order valence-corrected chi connectivity index (χ2v) is 6.45. The molecule has 2 atom stereocenters. The van der Waals surface area contributed by atoms with Crippen LogP contribution in [0.1, 0.15) is 13.3 Å². The number of nitro groups is 1. The normalized spacial score (nSPS) is 24.5. The largest absolute Gasteiger partial charge is 0.326 e. The van der Waals surface area contributed by atoms with Crippen molar-refractivity contribution >= 4 is 15.7 Å². The van der Waals surface area contributed by atoms with Crippen molar-refractivity contribution in [2.45, 2.75) is 30.3 Å². The molecule has 0 spiro atoms. The zero-order chi connectivity index (χ0) is 14.2. The third-order valence-corrected chi connectivity index (χ3v) is 5.41. The van der Waals surface area contributed by atoms with Gasteiger partial charge in [-0.05, 0) is 25.5 Å². The van der Waals surface area contributed by atoms with Crippen molar-refractivity contribution in [2.75, 3.05) is 6.54 Å². The number of rotatable bonds is 3. The van der Waals surface area contributed by atoms with Crippen LogP contribution in [-0.4, -0.2) is 36.3 Å². The van der Waals surface area contributed by atoms with Gasteiger partial charge >= 0.3 is 0 Å². The van der Waals surface area contributed by atoms with Crippen molar-refractivity contribution in [1.29, 1.82) is 0 Å². The first kappa shape index (κ1) is 13.9. The predicted octanol–water partition coefficient (Wildman–Crippen LogP) is 0.705. The molecule has 2 rings (SSSR count). The molecule has 19 heavy (non-hydrogen) atoms. The van der Waals surface area contributed by atoms with Crippen LogP contribution in [0.2, 0.25) is 0 Å². The number of nitrogens with two attached hydrogens (primary N) is 1. The van der Waals surface area contributed by atoms with Gasteiger partial charge in [0.05, 0.1) is 9.82 Å². The van der Waals surface area contributed by atoms with Crippen LogP contribution in [0.25, 0.3) is 0 Å².